The van der Waals surface area contributed by atoms with Crippen molar-refractivity contribution in [2.75, 3.05) is 6.54 Å². The summed E-state index contributed by atoms with van der Waals surface area (Å²) in [5.74, 6) is 0.714. The van der Waals surface area contributed by atoms with Crippen LogP contribution in [0.3, 0.4) is 0 Å². The molecule has 0 fully saturated rings. The van der Waals surface area contributed by atoms with Crippen molar-refractivity contribution in [3.63, 3.8) is 0 Å². The molecule has 0 saturated carbocycles. The van der Waals surface area contributed by atoms with Crippen LogP contribution in [0, 0.1) is 13.8 Å². The maximum absolute atomic E-state index is 12.6. The minimum Gasteiger partial charge on any atom is -0.336 e. The van der Waals surface area contributed by atoms with Crippen LogP contribution in [0.5, 0.6) is 0 Å². The number of hydrogen-bond acceptors (Lipinski definition) is 4. The number of H-pyrrole nitrogens is 1. The lowest BCUT2D eigenvalue weighted by Gasteiger charge is -2.33. The molecule has 0 aliphatic carbocycles. The predicted molar refractivity (Wildman–Crippen MR) is 90.8 cm³/mol. The van der Waals surface area contributed by atoms with Crippen molar-refractivity contribution in [3.8, 4) is 0 Å². The minimum absolute atomic E-state index is 0.105. The Morgan fingerprint density at radius 2 is 2.26 bits per heavy atom. The van der Waals surface area contributed by atoms with Crippen LogP contribution < -0.4 is 5.56 Å². The van der Waals surface area contributed by atoms with Crippen molar-refractivity contribution >= 4 is 17.2 Å². The van der Waals surface area contributed by atoms with Gasteiger partial charge in [-0.15, -0.1) is 11.3 Å². The van der Waals surface area contributed by atoms with Gasteiger partial charge in [-0.2, -0.15) is 0 Å². The average Bonchev–Trinajstić information content (AvgIpc) is 2.95. The largest absolute Gasteiger partial charge is 0.336 e. The second-order valence-corrected chi connectivity index (χ2v) is 7.03. The first-order valence-corrected chi connectivity index (χ1v) is 8.77. The highest BCUT2D eigenvalue weighted by molar-refractivity contribution is 7.10. The van der Waals surface area contributed by atoms with Crippen LogP contribution in [0.15, 0.2) is 16.2 Å². The van der Waals surface area contributed by atoms with E-state index in [4.69, 9.17) is 0 Å². The van der Waals surface area contributed by atoms with Crippen LogP contribution in [0.25, 0.3) is 0 Å². The highest BCUT2D eigenvalue weighted by Crippen LogP contribution is 2.33. The van der Waals surface area contributed by atoms with E-state index in [1.165, 1.54) is 10.4 Å². The van der Waals surface area contributed by atoms with Crippen LogP contribution in [-0.4, -0.2) is 27.3 Å². The summed E-state index contributed by atoms with van der Waals surface area (Å²) in [7, 11) is 0. The van der Waals surface area contributed by atoms with E-state index in [0.717, 1.165) is 13.0 Å². The van der Waals surface area contributed by atoms with Crippen LogP contribution in [-0.2, 0) is 17.6 Å². The van der Waals surface area contributed by atoms with Gasteiger partial charge >= 0.3 is 0 Å². The number of carbonyl (C=O) groups is 1. The van der Waals surface area contributed by atoms with E-state index in [0.29, 0.717) is 29.9 Å². The number of amides is 1. The Bertz CT molecular complexity index is 793. The molecule has 1 amide bonds. The Balaban J connectivity index is 1.70. The number of nitrogens with zero attached hydrogens (tertiary/aromatic N) is 2. The Morgan fingerprint density at radius 1 is 1.48 bits per heavy atom. The summed E-state index contributed by atoms with van der Waals surface area (Å²) in [4.78, 5) is 34.9. The lowest BCUT2D eigenvalue weighted by Crippen LogP contribution is -2.38. The molecule has 1 aliphatic heterocycles. The first kappa shape index (κ1) is 15.9. The van der Waals surface area contributed by atoms with Gasteiger partial charge in [-0.05, 0) is 50.6 Å². The molecule has 1 atom stereocenters. The van der Waals surface area contributed by atoms with E-state index < -0.39 is 0 Å². The number of thiophene rings is 1. The summed E-state index contributed by atoms with van der Waals surface area (Å²) in [5, 5.41) is 2.09. The van der Waals surface area contributed by atoms with Crippen LogP contribution >= 0.6 is 11.3 Å². The molecule has 1 N–H and O–H groups in total. The van der Waals surface area contributed by atoms with Gasteiger partial charge in [-0.25, -0.2) is 4.98 Å². The molecule has 5 nitrogen and oxygen atoms in total. The number of aromatic nitrogens is 2. The van der Waals surface area contributed by atoms with Crippen molar-refractivity contribution in [1.29, 1.82) is 0 Å². The van der Waals surface area contributed by atoms with E-state index in [1.54, 1.807) is 18.3 Å². The molecule has 0 saturated heterocycles. The standard InChI is InChI=1S/C17H21N3O2S/c1-10-13(17(22)19-12(3)18-10)4-5-16(21)20-8-6-15-14(11(20)2)7-9-23-15/h7,9,11H,4-6,8H2,1-3H3,(H,18,19,22)/t11-/m1/s1. The van der Waals surface area contributed by atoms with Gasteiger partial charge in [0.25, 0.3) is 5.56 Å². The Morgan fingerprint density at radius 3 is 3.00 bits per heavy atom. The second-order valence-electron chi connectivity index (χ2n) is 6.03. The molecule has 2 aromatic heterocycles. The minimum atomic E-state index is -0.130. The summed E-state index contributed by atoms with van der Waals surface area (Å²) in [6.45, 7) is 6.42. The molecular formula is C17H21N3O2S. The quantitative estimate of drug-likeness (QED) is 0.940. The van der Waals surface area contributed by atoms with Crippen LogP contribution in [0.2, 0.25) is 0 Å². The molecule has 3 rings (SSSR count). The molecule has 122 valence electrons. The molecule has 0 unspecified atom stereocenters. The molecule has 0 aromatic carbocycles. The maximum atomic E-state index is 12.6. The van der Waals surface area contributed by atoms with Crippen molar-refractivity contribution in [2.45, 2.75) is 46.1 Å². The van der Waals surface area contributed by atoms with Gasteiger partial charge in [0.05, 0.1) is 6.04 Å². The topological polar surface area (TPSA) is 66.1 Å². The first-order valence-electron chi connectivity index (χ1n) is 7.89. The zero-order chi connectivity index (χ0) is 16.6. The Hall–Kier alpha value is -1.95. The number of nitrogens with one attached hydrogen (secondary N) is 1. The molecule has 3 heterocycles. The summed E-state index contributed by atoms with van der Waals surface area (Å²) < 4.78 is 0. The lowest BCUT2D eigenvalue weighted by atomic mass is 10.0. The summed E-state index contributed by atoms with van der Waals surface area (Å²) in [6, 6.07) is 2.23. The average molecular weight is 331 g/mol. The predicted octanol–water partition coefficient (Wildman–Crippen LogP) is 2.53. The van der Waals surface area contributed by atoms with Gasteiger partial charge in [0.1, 0.15) is 5.82 Å². The highest BCUT2D eigenvalue weighted by Gasteiger charge is 2.28. The van der Waals surface area contributed by atoms with Gasteiger partial charge in [0.2, 0.25) is 5.91 Å². The highest BCUT2D eigenvalue weighted by atomic mass is 32.1. The molecular weight excluding hydrogens is 310 g/mol. The monoisotopic (exact) mass is 331 g/mol. The van der Waals surface area contributed by atoms with Crippen molar-refractivity contribution < 1.29 is 4.79 Å². The van der Waals surface area contributed by atoms with Crippen LogP contribution in [0.1, 0.15) is 46.9 Å². The fourth-order valence-corrected chi connectivity index (χ4v) is 4.23. The van der Waals surface area contributed by atoms with Crippen LogP contribution in [0.4, 0.5) is 0 Å². The summed E-state index contributed by atoms with van der Waals surface area (Å²) in [5.41, 5.74) is 2.46. The zero-order valence-electron chi connectivity index (χ0n) is 13.7. The normalized spacial score (nSPS) is 17.2. The van der Waals surface area contributed by atoms with Gasteiger partial charge in [-0.1, -0.05) is 0 Å². The number of aromatic amines is 1. The summed E-state index contributed by atoms with van der Waals surface area (Å²) in [6.07, 6.45) is 1.71. The van der Waals surface area contributed by atoms with Gasteiger partial charge in [0.15, 0.2) is 0 Å². The number of carbonyl (C=O) groups excluding carboxylic acids is 1. The van der Waals surface area contributed by atoms with Crippen molar-refractivity contribution in [2.24, 2.45) is 0 Å². The molecule has 0 radical (unpaired) electrons. The third-order valence-corrected chi connectivity index (χ3v) is 5.52. The van der Waals surface area contributed by atoms with Gasteiger partial charge in [0, 0.05) is 29.1 Å². The Kier molecular flexibility index (Phi) is 4.35. The number of hydrogen-bond donors (Lipinski definition) is 1. The molecule has 0 spiro atoms. The van der Waals surface area contributed by atoms with E-state index in [9.17, 15) is 9.59 Å². The molecule has 1 aliphatic rings. The van der Waals surface area contributed by atoms with Gasteiger partial charge < -0.3 is 9.88 Å². The lowest BCUT2D eigenvalue weighted by molar-refractivity contribution is -0.133. The van der Waals surface area contributed by atoms with E-state index in [2.05, 4.69) is 28.3 Å². The fraction of sp³-hybridized carbons (Fsp3) is 0.471. The number of aryl methyl sites for hydroxylation is 2. The second kappa shape index (κ2) is 6.28. The fourth-order valence-electron chi connectivity index (χ4n) is 3.27. The van der Waals surface area contributed by atoms with E-state index in [1.807, 2.05) is 11.8 Å². The van der Waals surface area contributed by atoms with E-state index in [-0.39, 0.29) is 17.5 Å². The van der Waals surface area contributed by atoms with E-state index >= 15 is 0 Å². The van der Waals surface area contributed by atoms with Gasteiger partial charge in [-0.3, -0.25) is 9.59 Å². The third-order valence-electron chi connectivity index (χ3n) is 4.53. The molecule has 2 aromatic rings. The molecule has 0 bridgehead atoms. The Labute approximate surface area is 139 Å². The first-order chi connectivity index (χ1) is 11.0. The SMILES string of the molecule is Cc1nc(C)c(CCC(=O)N2CCc3sccc3[C@H]2C)c(=O)[nH]1. The molecule has 6 heteroatoms. The van der Waals surface area contributed by atoms with Crippen molar-refractivity contribution in [3.05, 3.63) is 49.3 Å². The summed E-state index contributed by atoms with van der Waals surface area (Å²) >= 11 is 1.77. The number of rotatable bonds is 3. The smallest absolute Gasteiger partial charge is 0.254 e. The third kappa shape index (κ3) is 3.08. The maximum Gasteiger partial charge on any atom is 0.254 e. The zero-order valence-corrected chi connectivity index (χ0v) is 14.5. The molecule has 23 heavy (non-hydrogen) atoms. The van der Waals surface area contributed by atoms with Crippen molar-refractivity contribution in [1.82, 2.24) is 14.9 Å². The number of fused-ring (bicyclic) bond motifs is 1.